The van der Waals surface area contributed by atoms with Crippen LogP contribution in [0, 0.1) is 0 Å². The van der Waals surface area contributed by atoms with Gasteiger partial charge in [0.25, 0.3) is 0 Å². The van der Waals surface area contributed by atoms with Crippen molar-refractivity contribution in [3.63, 3.8) is 0 Å². The standard InChI is InChI=1S/C10H10O4.C2H6/c11-10-13-7-9(14-10)6-12-8-4-2-1-3-5-8;1-2/h1-5,9H,6-7H2;1-2H3. The minimum atomic E-state index is -0.619. The molecular weight excluding hydrogens is 208 g/mol. The number of benzene rings is 1. The third kappa shape index (κ3) is 3.81. The molecule has 4 heteroatoms. The van der Waals surface area contributed by atoms with Crippen molar-refractivity contribution in [1.82, 2.24) is 0 Å². The van der Waals surface area contributed by atoms with Gasteiger partial charge >= 0.3 is 6.16 Å². The van der Waals surface area contributed by atoms with Gasteiger partial charge in [-0.3, -0.25) is 0 Å². The first-order valence-electron chi connectivity index (χ1n) is 5.36. The topological polar surface area (TPSA) is 44.8 Å². The summed E-state index contributed by atoms with van der Waals surface area (Å²) in [6.07, 6.45) is -0.908. The summed E-state index contributed by atoms with van der Waals surface area (Å²) >= 11 is 0. The Morgan fingerprint density at radius 2 is 2.00 bits per heavy atom. The average Bonchev–Trinajstić information content (AvgIpc) is 2.77. The molecule has 1 aromatic rings. The predicted molar refractivity (Wildman–Crippen MR) is 59.5 cm³/mol. The molecule has 2 rings (SSSR count). The second-order valence-corrected chi connectivity index (χ2v) is 2.92. The first-order chi connectivity index (χ1) is 7.84. The summed E-state index contributed by atoms with van der Waals surface area (Å²) in [5.41, 5.74) is 0. The molecule has 0 aliphatic carbocycles. The fraction of sp³-hybridized carbons (Fsp3) is 0.417. The van der Waals surface area contributed by atoms with Crippen molar-refractivity contribution in [2.45, 2.75) is 20.0 Å². The van der Waals surface area contributed by atoms with Crippen molar-refractivity contribution in [1.29, 1.82) is 0 Å². The molecule has 1 fully saturated rings. The van der Waals surface area contributed by atoms with Gasteiger partial charge in [0, 0.05) is 0 Å². The zero-order valence-corrected chi connectivity index (χ0v) is 9.51. The number of carbonyl (C=O) groups excluding carboxylic acids is 1. The molecular formula is C12H16O4. The molecule has 0 aromatic heterocycles. The average molecular weight is 224 g/mol. The maximum atomic E-state index is 10.6. The van der Waals surface area contributed by atoms with Crippen molar-refractivity contribution in [2.75, 3.05) is 13.2 Å². The Balaban J connectivity index is 0.000000606. The number of hydrogen-bond donors (Lipinski definition) is 0. The van der Waals surface area contributed by atoms with Gasteiger partial charge in [-0.1, -0.05) is 32.0 Å². The Hall–Kier alpha value is -1.71. The van der Waals surface area contributed by atoms with Crippen molar-refractivity contribution in [3.05, 3.63) is 30.3 Å². The first kappa shape index (κ1) is 12.4. The molecule has 1 aromatic carbocycles. The van der Waals surface area contributed by atoms with Gasteiger partial charge in [0.15, 0.2) is 6.10 Å². The van der Waals surface area contributed by atoms with Crippen LogP contribution in [-0.4, -0.2) is 25.5 Å². The Kier molecular flexibility index (Phi) is 5.19. The van der Waals surface area contributed by atoms with Gasteiger partial charge in [-0.25, -0.2) is 4.79 Å². The zero-order chi connectivity index (χ0) is 11.8. The van der Waals surface area contributed by atoms with Gasteiger partial charge in [-0.2, -0.15) is 0 Å². The highest BCUT2D eigenvalue weighted by atomic mass is 16.8. The van der Waals surface area contributed by atoms with Crippen LogP contribution in [0.4, 0.5) is 4.79 Å². The maximum Gasteiger partial charge on any atom is 0.508 e. The second-order valence-electron chi connectivity index (χ2n) is 2.92. The summed E-state index contributed by atoms with van der Waals surface area (Å²) in [6, 6.07) is 9.36. The molecule has 0 spiro atoms. The van der Waals surface area contributed by atoms with Crippen molar-refractivity contribution in [3.8, 4) is 5.75 Å². The van der Waals surface area contributed by atoms with Crippen LogP contribution in [0.15, 0.2) is 30.3 Å². The molecule has 16 heavy (non-hydrogen) atoms. The van der Waals surface area contributed by atoms with Gasteiger partial charge in [-0.05, 0) is 12.1 Å². The van der Waals surface area contributed by atoms with Gasteiger partial charge in [0.2, 0.25) is 0 Å². The molecule has 88 valence electrons. The Labute approximate surface area is 95.1 Å². The van der Waals surface area contributed by atoms with Crippen LogP contribution in [0.25, 0.3) is 0 Å². The Morgan fingerprint density at radius 3 is 2.56 bits per heavy atom. The number of hydrogen-bond acceptors (Lipinski definition) is 4. The van der Waals surface area contributed by atoms with Crippen LogP contribution in [0.2, 0.25) is 0 Å². The van der Waals surface area contributed by atoms with Crippen LogP contribution in [0.5, 0.6) is 5.75 Å². The highest BCUT2D eigenvalue weighted by Gasteiger charge is 2.25. The van der Waals surface area contributed by atoms with E-state index in [4.69, 9.17) is 9.47 Å². The highest BCUT2D eigenvalue weighted by molar-refractivity contribution is 5.61. The number of cyclic esters (lactones) is 2. The predicted octanol–water partition coefficient (Wildman–Crippen LogP) is 2.63. The van der Waals surface area contributed by atoms with Gasteiger partial charge in [-0.15, -0.1) is 0 Å². The van der Waals surface area contributed by atoms with Crippen LogP contribution in [0.3, 0.4) is 0 Å². The van der Waals surface area contributed by atoms with E-state index in [2.05, 4.69) is 4.74 Å². The lowest BCUT2D eigenvalue weighted by Gasteiger charge is -2.08. The molecule has 0 radical (unpaired) electrons. The molecule has 0 amide bonds. The maximum absolute atomic E-state index is 10.6. The SMILES string of the molecule is CC.O=C1OCC(COc2ccccc2)O1. The van der Waals surface area contributed by atoms with E-state index in [9.17, 15) is 4.79 Å². The molecule has 4 nitrogen and oxygen atoms in total. The lowest BCUT2D eigenvalue weighted by molar-refractivity contribution is 0.0983. The van der Waals surface area contributed by atoms with Crippen LogP contribution < -0.4 is 4.74 Å². The molecule has 1 atom stereocenters. The Morgan fingerprint density at radius 1 is 1.31 bits per heavy atom. The van der Waals surface area contributed by atoms with Crippen LogP contribution in [-0.2, 0) is 9.47 Å². The van der Waals surface area contributed by atoms with Gasteiger partial charge in [0.05, 0.1) is 0 Å². The van der Waals surface area contributed by atoms with E-state index in [1.54, 1.807) is 0 Å². The molecule has 0 saturated carbocycles. The number of rotatable bonds is 3. The summed E-state index contributed by atoms with van der Waals surface area (Å²) in [5.74, 6) is 0.760. The largest absolute Gasteiger partial charge is 0.508 e. The van der Waals surface area contributed by atoms with Crippen molar-refractivity contribution >= 4 is 6.16 Å². The molecule has 1 unspecified atom stereocenters. The number of para-hydroxylation sites is 1. The third-order valence-electron chi connectivity index (χ3n) is 1.83. The normalized spacial score (nSPS) is 17.9. The van der Waals surface area contributed by atoms with Crippen LogP contribution >= 0.6 is 0 Å². The van der Waals surface area contributed by atoms with Crippen molar-refractivity contribution < 1.29 is 19.0 Å². The molecule has 1 heterocycles. The minimum absolute atomic E-state index is 0.270. The first-order valence-corrected chi connectivity index (χ1v) is 5.36. The smallest absolute Gasteiger partial charge is 0.490 e. The second kappa shape index (κ2) is 6.71. The molecule has 1 aliphatic rings. The summed E-state index contributed by atoms with van der Waals surface area (Å²) in [7, 11) is 0. The monoisotopic (exact) mass is 224 g/mol. The molecule has 0 N–H and O–H groups in total. The quantitative estimate of drug-likeness (QED) is 0.740. The fourth-order valence-electron chi connectivity index (χ4n) is 1.15. The van der Waals surface area contributed by atoms with E-state index < -0.39 is 6.16 Å². The van der Waals surface area contributed by atoms with E-state index >= 15 is 0 Å². The van der Waals surface area contributed by atoms with E-state index in [-0.39, 0.29) is 12.7 Å². The van der Waals surface area contributed by atoms with Gasteiger partial charge < -0.3 is 14.2 Å². The fourth-order valence-corrected chi connectivity index (χ4v) is 1.15. The van der Waals surface area contributed by atoms with Crippen LogP contribution in [0.1, 0.15) is 13.8 Å². The highest BCUT2D eigenvalue weighted by Crippen LogP contribution is 2.11. The minimum Gasteiger partial charge on any atom is -0.490 e. The third-order valence-corrected chi connectivity index (χ3v) is 1.83. The lowest BCUT2D eigenvalue weighted by Crippen LogP contribution is -2.19. The van der Waals surface area contributed by atoms with Crippen molar-refractivity contribution in [2.24, 2.45) is 0 Å². The van der Waals surface area contributed by atoms with E-state index in [1.807, 2.05) is 44.2 Å². The van der Waals surface area contributed by atoms with E-state index in [0.29, 0.717) is 6.61 Å². The summed E-state index contributed by atoms with van der Waals surface area (Å²) in [5, 5.41) is 0. The number of carbonyl (C=O) groups is 1. The van der Waals surface area contributed by atoms with E-state index in [0.717, 1.165) is 5.75 Å². The summed E-state index contributed by atoms with van der Waals surface area (Å²) < 4.78 is 14.8. The zero-order valence-electron chi connectivity index (χ0n) is 9.51. The molecule has 1 aliphatic heterocycles. The summed E-state index contributed by atoms with van der Waals surface area (Å²) in [6.45, 7) is 4.60. The van der Waals surface area contributed by atoms with Gasteiger partial charge in [0.1, 0.15) is 19.0 Å². The Bertz CT molecular complexity index is 310. The lowest BCUT2D eigenvalue weighted by atomic mass is 10.3. The molecule has 1 saturated heterocycles. The molecule has 0 bridgehead atoms. The number of ether oxygens (including phenoxy) is 3. The van der Waals surface area contributed by atoms with E-state index in [1.165, 1.54) is 0 Å². The summed E-state index contributed by atoms with van der Waals surface area (Å²) in [4.78, 5) is 10.6.